The number of carbonyl (C=O) groups is 1. The standard InChI is InChI=1S/C23H27N5O2/c1-12-6-14(8-16(24)7-12)17-4-5-26-11-18(17)28-23(29)20-21-19(30-22(20)25)9-15(10-27-21)13-2-3-13/h4-5,9-14,16H,2-3,6-8,24-25H2,1H3,(H,28,29)/t12-,14+,16-/m1/s1. The van der Waals surface area contributed by atoms with Crippen LogP contribution < -0.4 is 16.8 Å². The number of carbonyl (C=O) groups excluding carboxylic acids is 1. The van der Waals surface area contributed by atoms with E-state index in [-0.39, 0.29) is 23.4 Å². The summed E-state index contributed by atoms with van der Waals surface area (Å²) in [6, 6.07) is 4.10. The molecule has 0 bridgehead atoms. The molecule has 156 valence electrons. The van der Waals surface area contributed by atoms with Crippen LogP contribution in [0.15, 0.2) is 35.1 Å². The van der Waals surface area contributed by atoms with Gasteiger partial charge in [0.2, 0.25) is 5.88 Å². The SMILES string of the molecule is C[C@H]1C[C@@H](N)C[C@@H](c2ccncc2NC(=O)c2c(N)oc3cc(C4CC4)cnc23)C1. The summed E-state index contributed by atoms with van der Waals surface area (Å²) in [5.41, 5.74) is 16.5. The molecule has 2 aliphatic rings. The van der Waals surface area contributed by atoms with Crippen LogP contribution in [0.1, 0.15) is 72.3 Å². The maximum Gasteiger partial charge on any atom is 0.263 e. The summed E-state index contributed by atoms with van der Waals surface area (Å²) in [6.45, 7) is 2.23. The van der Waals surface area contributed by atoms with Crippen molar-refractivity contribution in [1.82, 2.24) is 9.97 Å². The lowest BCUT2D eigenvalue weighted by Gasteiger charge is -2.32. The molecule has 0 aliphatic heterocycles. The largest absolute Gasteiger partial charge is 0.438 e. The summed E-state index contributed by atoms with van der Waals surface area (Å²) in [6.07, 6.45) is 10.6. The van der Waals surface area contributed by atoms with Crippen LogP contribution in [0.2, 0.25) is 0 Å². The molecule has 3 heterocycles. The predicted octanol–water partition coefficient (Wildman–Crippen LogP) is 4.17. The first-order chi connectivity index (χ1) is 14.5. The monoisotopic (exact) mass is 405 g/mol. The molecule has 0 unspecified atom stereocenters. The Kier molecular flexibility index (Phi) is 4.70. The zero-order valence-electron chi connectivity index (χ0n) is 17.1. The quantitative estimate of drug-likeness (QED) is 0.599. The number of amides is 1. The van der Waals surface area contributed by atoms with Gasteiger partial charge in [0.15, 0.2) is 5.58 Å². The van der Waals surface area contributed by atoms with Crippen molar-refractivity contribution in [3.63, 3.8) is 0 Å². The number of fused-ring (bicyclic) bond motifs is 1. The molecule has 7 heteroatoms. The van der Waals surface area contributed by atoms with Gasteiger partial charge in [-0.1, -0.05) is 6.92 Å². The van der Waals surface area contributed by atoms with E-state index in [9.17, 15) is 4.79 Å². The van der Waals surface area contributed by atoms with Gasteiger partial charge in [-0.3, -0.25) is 14.8 Å². The van der Waals surface area contributed by atoms with Crippen molar-refractivity contribution in [1.29, 1.82) is 0 Å². The molecule has 5 N–H and O–H groups in total. The van der Waals surface area contributed by atoms with E-state index in [1.165, 1.54) is 12.8 Å². The highest BCUT2D eigenvalue weighted by molar-refractivity contribution is 6.14. The molecule has 1 amide bonds. The van der Waals surface area contributed by atoms with Gasteiger partial charge in [0.1, 0.15) is 11.1 Å². The first-order valence-electron chi connectivity index (χ1n) is 10.7. The predicted molar refractivity (Wildman–Crippen MR) is 116 cm³/mol. The second-order valence-corrected chi connectivity index (χ2v) is 8.92. The number of furan rings is 1. The smallest absolute Gasteiger partial charge is 0.263 e. The normalized spacial score (nSPS) is 24.1. The van der Waals surface area contributed by atoms with E-state index in [0.717, 1.165) is 30.4 Å². The second-order valence-electron chi connectivity index (χ2n) is 8.92. The minimum absolute atomic E-state index is 0.0849. The Bertz CT molecular complexity index is 1090. The molecule has 30 heavy (non-hydrogen) atoms. The van der Waals surface area contributed by atoms with Gasteiger partial charge in [0.25, 0.3) is 5.91 Å². The van der Waals surface area contributed by atoms with E-state index < -0.39 is 0 Å². The third-order valence-corrected chi connectivity index (χ3v) is 6.37. The highest BCUT2D eigenvalue weighted by Crippen LogP contribution is 2.42. The molecule has 0 spiro atoms. The molecule has 2 fully saturated rings. The molecule has 0 radical (unpaired) electrons. The van der Waals surface area contributed by atoms with Gasteiger partial charge in [-0.15, -0.1) is 0 Å². The number of pyridine rings is 2. The molecule has 3 aromatic heterocycles. The average molecular weight is 406 g/mol. The van der Waals surface area contributed by atoms with Crippen LogP contribution in [0.3, 0.4) is 0 Å². The molecule has 0 saturated heterocycles. The zero-order chi connectivity index (χ0) is 20.8. The van der Waals surface area contributed by atoms with E-state index in [1.54, 1.807) is 12.4 Å². The average Bonchev–Trinajstić information content (AvgIpc) is 3.49. The van der Waals surface area contributed by atoms with Gasteiger partial charge >= 0.3 is 0 Å². The first-order valence-corrected chi connectivity index (χ1v) is 10.7. The van der Waals surface area contributed by atoms with E-state index in [2.05, 4.69) is 22.2 Å². The van der Waals surface area contributed by atoms with Crippen molar-refractivity contribution < 1.29 is 9.21 Å². The summed E-state index contributed by atoms with van der Waals surface area (Å²) >= 11 is 0. The summed E-state index contributed by atoms with van der Waals surface area (Å²) in [5, 5.41) is 3.00. The minimum Gasteiger partial charge on any atom is -0.438 e. The fraction of sp³-hybridized carbons (Fsp3) is 0.435. The second kappa shape index (κ2) is 7.40. The first kappa shape index (κ1) is 19.1. The number of anilines is 2. The van der Waals surface area contributed by atoms with Gasteiger partial charge < -0.3 is 21.2 Å². The zero-order valence-corrected chi connectivity index (χ0v) is 17.1. The van der Waals surface area contributed by atoms with Crippen LogP contribution in [-0.4, -0.2) is 21.9 Å². The van der Waals surface area contributed by atoms with Gasteiger partial charge in [-0.05, 0) is 73.1 Å². The number of nitrogen functional groups attached to an aromatic ring is 1. The number of aromatic nitrogens is 2. The van der Waals surface area contributed by atoms with Crippen LogP contribution in [0.5, 0.6) is 0 Å². The number of hydrogen-bond acceptors (Lipinski definition) is 6. The topological polar surface area (TPSA) is 120 Å². The highest BCUT2D eigenvalue weighted by atomic mass is 16.3. The molecular weight excluding hydrogens is 378 g/mol. The van der Waals surface area contributed by atoms with Crippen molar-refractivity contribution in [3.8, 4) is 0 Å². The molecular formula is C23H27N5O2. The fourth-order valence-electron chi connectivity index (χ4n) is 4.83. The van der Waals surface area contributed by atoms with Crippen LogP contribution in [0.25, 0.3) is 11.1 Å². The Labute approximate surface area is 175 Å². The maximum atomic E-state index is 13.2. The van der Waals surface area contributed by atoms with Crippen LogP contribution >= 0.6 is 0 Å². The Morgan fingerprint density at radius 1 is 1.20 bits per heavy atom. The Morgan fingerprint density at radius 2 is 2.03 bits per heavy atom. The summed E-state index contributed by atoms with van der Waals surface area (Å²) < 4.78 is 5.67. The molecule has 0 aromatic carbocycles. The third kappa shape index (κ3) is 3.54. The summed E-state index contributed by atoms with van der Waals surface area (Å²) in [4.78, 5) is 21.9. The maximum absolute atomic E-state index is 13.2. The van der Waals surface area contributed by atoms with Gasteiger partial charge in [0, 0.05) is 18.4 Å². The van der Waals surface area contributed by atoms with Crippen molar-refractivity contribution in [2.45, 2.75) is 56.9 Å². The van der Waals surface area contributed by atoms with Crippen molar-refractivity contribution in [2.24, 2.45) is 11.7 Å². The summed E-state index contributed by atoms with van der Waals surface area (Å²) in [7, 11) is 0. The van der Waals surface area contributed by atoms with Crippen molar-refractivity contribution >= 4 is 28.6 Å². The van der Waals surface area contributed by atoms with E-state index in [0.29, 0.717) is 34.5 Å². The number of nitrogens with zero attached hydrogens (tertiary/aromatic N) is 2. The molecule has 3 aromatic rings. The van der Waals surface area contributed by atoms with Crippen molar-refractivity contribution in [2.75, 3.05) is 11.1 Å². The lowest BCUT2D eigenvalue weighted by Crippen LogP contribution is -2.31. The molecule has 2 saturated carbocycles. The van der Waals surface area contributed by atoms with Gasteiger partial charge in [0.05, 0.1) is 11.9 Å². The van der Waals surface area contributed by atoms with Gasteiger partial charge in [-0.2, -0.15) is 0 Å². The molecule has 2 aliphatic carbocycles. The third-order valence-electron chi connectivity index (χ3n) is 6.37. The molecule has 3 atom stereocenters. The van der Waals surface area contributed by atoms with Crippen molar-refractivity contribution in [3.05, 3.63) is 47.4 Å². The van der Waals surface area contributed by atoms with E-state index >= 15 is 0 Å². The van der Waals surface area contributed by atoms with E-state index in [4.69, 9.17) is 15.9 Å². The lowest BCUT2D eigenvalue weighted by molar-refractivity contribution is 0.102. The highest BCUT2D eigenvalue weighted by Gasteiger charge is 2.29. The molecule has 5 rings (SSSR count). The molecule has 7 nitrogen and oxygen atoms in total. The van der Waals surface area contributed by atoms with Crippen LogP contribution in [0, 0.1) is 5.92 Å². The fourth-order valence-corrected chi connectivity index (χ4v) is 4.83. The number of rotatable bonds is 4. The summed E-state index contributed by atoms with van der Waals surface area (Å²) in [5.74, 6) is 1.14. The number of nitrogens with two attached hydrogens (primary N) is 2. The number of nitrogens with one attached hydrogen (secondary N) is 1. The Morgan fingerprint density at radius 3 is 2.80 bits per heavy atom. The number of hydrogen-bond donors (Lipinski definition) is 3. The van der Waals surface area contributed by atoms with Crippen LogP contribution in [0.4, 0.5) is 11.6 Å². The van der Waals surface area contributed by atoms with E-state index in [1.807, 2.05) is 18.3 Å². The van der Waals surface area contributed by atoms with Gasteiger partial charge in [-0.25, -0.2) is 0 Å². The van der Waals surface area contributed by atoms with Crippen LogP contribution in [-0.2, 0) is 0 Å². The Balaban J connectivity index is 1.44. The minimum atomic E-state index is -0.333. The Hall–Kier alpha value is -2.93. The lowest BCUT2D eigenvalue weighted by atomic mass is 9.76.